The first kappa shape index (κ1) is 20.9. The summed E-state index contributed by atoms with van der Waals surface area (Å²) in [4.78, 5) is 2.44. The molecule has 1 saturated heterocycles. The van der Waals surface area contributed by atoms with Crippen LogP contribution in [-0.2, 0) is 16.4 Å². The number of hydrogen-bond donors (Lipinski definition) is 0. The highest BCUT2D eigenvalue weighted by atomic mass is 32.2. The van der Waals surface area contributed by atoms with Crippen LogP contribution < -0.4 is 4.74 Å². The van der Waals surface area contributed by atoms with Crippen LogP contribution in [0.4, 0.5) is 4.39 Å². The van der Waals surface area contributed by atoms with E-state index in [4.69, 9.17) is 4.74 Å². The molecule has 1 fully saturated rings. The fourth-order valence-corrected chi connectivity index (χ4v) is 5.46. The van der Waals surface area contributed by atoms with E-state index in [9.17, 15) is 12.8 Å². The molecule has 0 atom stereocenters. The second-order valence-electron chi connectivity index (χ2n) is 8.02. The zero-order chi connectivity index (χ0) is 21.5. The van der Waals surface area contributed by atoms with Gasteiger partial charge in [-0.2, -0.15) is 0 Å². The molecule has 1 aliphatic heterocycles. The molecule has 30 heavy (non-hydrogen) atoms. The van der Waals surface area contributed by atoms with Gasteiger partial charge in [0.1, 0.15) is 17.7 Å². The number of nitrogens with zero attached hydrogens (tertiary/aromatic N) is 2. The normalized spacial score (nSPS) is 16.3. The highest BCUT2D eigenvalue weighted by molar-refractivity contribution is 7.90. The average Bonchev–Trinajstić information content (AvgIpc) is 3.06. The van der Waals surface area contributed by atoms with Gasteiger partial charge >= 0.3 is 0 Å². The predicted molar refractivity (Wildman–Crippen MR) is 116 cm³/mol. The summed E-state index contributed by atoms with van der Waals surface area (Å²) >= 11 is 0. The molecule has 1 aliphatic rings. The number of piperidine rings is 1. The largest absolute Gasteiger partial charge is 0.490 e. The molecule has 2 aromatic carbocycles. The van der Waals surface area contributed by atoms with Gasteiger partial charge < -0.3 is 9.64 Å². The maximum absolute atomic E-state index is 13.7. The lowest BCUT2D eigenvalue weighted by atomic mass is 10.1. The Bertz CT molecular complexity index is 1180. The van der Waals surface area contributed by atoms with Crippen LogP contribution in [0.15, 0.2) is 47.5 Å². The number of halogens is 1. The summed E-state index contributed by atoms with van der Waals surface area (Å²) in [6, 6.07) is 9.24. The van der Waals surface area contributed by atoms with Gasteiger partial charge in [-0.25, -0.2) is 16.8 Å². The van der Waals surface area contributed by atoms with E-state index in [0.29, 0.717) is 22.2 Å². The Morgan fingerprint density at radius 1 is 1.13 bits per heavy atom. The number of fused-ring (bicyclic) bond motifs is 1. The maximum Gasteiger partial charge on any atom is 0.268 e. The number of benzene rings is 2. The van der Waals surface area contributed by atoms with Crippen LogP contribution in [0.2, 0.25) is 0 Å². The summed E-state index contributed by atoms with van der Waals surface area (Å²) in [5.74, 6) is 0.245. The molecule has 0 aliphatic carbocycles. The lowest BCUT2D eigenvalue weighted by Gasteiger charge is -2.30. The molecule has 4 rings (SSSR count). The van der Waals surface area contributed by atoms with Crippen LogP contribution >= 0.6 is 0 Å². The summed E-state index contributed by atoms with van der Waals surface area (Å²) in [7, 11) is -1.76. The lowest BCUT2D eigenvalue weighted by molar-refractivity contribution is 0.113. The van der Waals surface area contributed by atoms with Gasteiger partial charge in [0.05, 0.1) is 10.4 Å². The molecular formula is C23H27FN2O3S. The molecule has 0 radical (unpaired) electrons. The van der Waals surface area contributed by atoms with Crippen LogP contribution in [0.5, 0.6) is 5.75 Å². The SMILES string of the molecule is CCc1ccc(S(=O)(=O)n2cc(C)c3cc(F)ccc32)cc1OC1CCN(C)CC1. The summed E-state index contributed by atoms with van der Waals surface area (Å²) in [5.41, 5.74) is 2.16. The first-order chi connectivity index (χ1) is 14.3. The van der Waals surface area contributed by atoms with Crippen molar-refractivity contribution < 1.29 is 17.5 Å². The standard InChI is InChI=1S/C23H27FN2O3S/c1-4-17-5-7-20(14-23(17)29-19-9-11-25(3)12-10-19)30(27,28)26-15-16(2)21-13-18(24)6-8-22(21)26/h5-8,13-15,19H,4,9-12H2,1-3H3. The van der Waals surface area contributed by atoms with Gasteiger partial charge in [-0.1, -0.05) is 13.0 Å². The minimum Gasteiger partial charge on any atom is -0.490 e. The second kappa shape index (κ2) is 8.04. The summed E-state index contributed by atoms with van der Waals surface area (Å²) in [6.07, 6.45) is 4.23. The van der Waals surface area contributed by atoms with Crippen LogP contribution in [0.25, 0.3) is 10.9 Å². The van der Waals surface area contributed by atoms with Crippen molar-refractivity contribution in [3.05, 3.63) is 59.5 Å². The Balaban J connectivity index is 1.73. The van der Waals surface area contributed by atoms with E-state index in [1.54, 1.807) is 25.3 Å². The van der Waals surface area contributed by atoms with Crippen LogP contribution in [-0.4, -0.2) is 43.5 Å². The van der Waals surface area contributed by atoms with Crippen LogP contribution in [0.3, 0.4) is 0 Å². The Kier molecular flexibility index (Phi) is 5.59. The topological polar surface area (TPSA) is 51.5 Å². The molecular weight excluding hydrogens is 403 g/mol. The van der Waals surface area contributed by atoms with Crippen molar-refractivity contribution in [3.63, 3.8) is 0 Å². The van der Waals surface area contributed by atoms with Crippen molar-refractivity contribution in [2.24, 2.45) is 0 Å². The minimum atomic E-state index is -3.85. The first-order valence-corrected chi connectivity index (χ1v) is 11.7. The number of aryl methyl sites for hydroxylation is 2. The third kappa shape index (κ3) is 3.84. The second-order valence-corrected chi connectivity index (χ2v) is 9.83. The maximum atomic E-state index is 13.7. The Hall–Kier alpha value is -2.38. The van der Waals surface area contributed by atoms with Crippen molar-refractivity contribution >= 4 is 20.9 Å². The summed E-state index contributed by atoms with van der Waals surface area (Å²) < 4.78 is 48.0. The van der Waals surface area contributed by atoms with Crippen molar-refractivity contribution in [1.29, 1.82) is 0 Å². The van der Waals surface area contributed by atoms with Crippen molar-refractivity contribution in [2.45, 2.75) is 44.1 Å². The van der Waals surface area contributed by atoms with E-state index in [-0.39, 0.29) is 16.8 Å². The Morgan fingerprint density at radius 2 is 1.87 bits per heavy atom. The van der Waals surface area contributed by atoms with Crippen molar-refractivity contribution in [2.75, 3.05) is 20.1 Å². The number of ether oxygens (including phenoxy) is 1. The minimum absolute atomic E-state index is 0.0853. The zero-order valence-corrected chi connectivity index (χ0v) is 18.4. The molecule has 3 aromatic rings. The molecule has 0 spiro atoms. The van der Waals surface area contributed by atoms with E-state index >= 15 is 0 Å². The van der Waals surface area contributed by atoms with Gasteiger partial charge in [0, 0.05) is 30.7 Å². The molecule has 0 bridgehead atoms. The first-order valence-electron chi connectivity index (χ1n) is 10.3. The fraction of sp³-hybridized carbons (Fsp3) is 0.391. The Labute approximate surface area is 177 Å². The van der Waals surface area contributed by atoms with Gasteiger partial charge in [0.2, 0.25) is 0 Å². The fourth-order valence-electron chi connectivity index (χ4n) is 4.02. The van der Waals surface area contributed by atoms with Gasteiger partial charge in [-0.15, -0.1) is 0 Å². The highest BCUT2D eigenvalue weighted by Crippen LogP contribution is 2.30. The predicted octanol–water partition coefficient (Wildman–Crippen LogP) is 4.36. The molecule has 0 N–H and O–H groups in total. The molecule has 0 amide bonds. The monoisotopic (exact) mass is 430 g/mol. The van der Waals surface area contributed by atoms with E-state index in [1.807, 2.05) is 13.0 Å². The average molecular weight is 431 g/mol. The van der Waals surface area contributed by atoms with E-state index in [0.717, 1.165) is 37.9 Å². The third-order valence-corrected chi connectivity index (χ3v) is 7.54. The van der Waals surface area contributed by atoms with E-state index < -0.39 is 10.0 Å². The number of likely N-dealkylation sites (tertiary alicyclic amines) is 1. The molecule has 0 saturated carbocycles. The van der Waals surface area contributed by atoms with Gasteiger partial charge in [0.25, 0.3) is 10.0 Å². The van der Waals surface area contributed by atoms with E-state index in [1.165, 1.54) is 22.2 Å². The third-order valence-electron chi connectivity index (χ3n) is 5.87. The number of hydrogen-bond acceptors (Lipinski definition) is 4. The van der Waals surface area contributed by atoms with Crippen molar-refractivity contribution in [3.8, 4) is 5.75 Å². The van der Waals surface area contributed by atoms with Crippen molar-refractivity contribution in [1.82, 2.24) is 8.87 Å². The Morgan fingerprint density at radius 3 is 2.57 bits per heavy atom. The quantitative estimate of drug-likeness (QED) is 0.604. The molecule has 5 nitrogen and oxygen atoms in total. The molecule has 160 valence electrons. The number of aromatic nitrogens is 1. The molecule has 7 heteroatoms. The molecule has 0 unspecified atom stereocenters. The number of rotatable bonds is 5. The van der Waals surface area contributed by atoms with Gasteiger partial charge in [0.15, 0.2) is 0 Å². The van der Waals surface area contributed by atoms with Gasteiger partial charge in [-0.05, 0) is 68.6 Å². The summed E-state index contributed by atoms with van der Waals surface area (Å²) in [5, 5.41) is 0.589. The molecule has 1 aromatic heterocycles. The lowest BCUT2D eigenvalue weighted by Crippen LogP contribution is -2.35. The molecule has 2 heterocycles. The van der Waals surface area contributed by atoms with E-state index in [2.05, 4.69) is 11.9 Å². The van der Waals surface area contributed by atoms with Gasteiger partial charge in [-0.3, -0.25) is 0 Å². The zero-order valence-electron chi connectivity index (χ0n) is 17.6. The highest BCUT2D eigenvalue weighted by Gasteiger charge is 2.24. The van der Waals surface area contributed by atoms with Crippen LogP contribution in [0.1, 0.15) is 30.9 Å². The summed E-state index contributed by atoms with van der Waals surface area (Å²) in [6.45, 7) is 5.75. The smallest absolute Gasteiger partial charge is 0.268 e. The van der Waals surface area contributed by atoms with Crippen LogP contribution in [0, 0.1) is 12.7 Å².